The lowest BCUT2D eigenvalue weighted by molar-refractivity contribution is -0.125. The van der Waals surface area contributed by atoms with Gasteiger partial charge in [0.25, 0.3) is 5.91 Å². The monoisotopic (exact) mass is 392 g/mol. The fourth-order valence-corrected chi connectivity index (χ4v) is 3.88. The van der Waals surface area contributed by atoms with Gasteiger partial charge < -0.3 is 14.5 Å². The summed E-state index contributed by atoms with van der Waals surface area (Å²) in [6.45, 7) is 1.85. The van der Waals surface area contributed by atoms with Crippen LogP contribution < -0.4 is 5.32 Å². The number of nitrogens with zero attached hydrogens (tertiary/aromatic N) is 1. The number of carbonyl (C=O) groups is 2. The van der Waals surface area contributed by atoms with Crippen molar-refractivity contribution in [3.05, 3.63) is 54.3 Å². The quantitative estimate of drug-likeness (QED) is 0.653. The van der Waals surface area contributed by atoms with Crippen LogP contribution in [0.3, 0.4) is 0 Å². The van der Waals surface area contributed by atoms with Crippen molar-refractivity contribution in [2.24, 2.45) is 5.92 Å². The van der Waals surface area contributed by atoms with Gasteiger partial charge >= 0.3 is 5.97 Å². The van der Waals surface area contributed by atoms with E-state index in [1.54, 1.807) is 24.5 Å². The molecule has 0 saturated heterocycles. The molecule has 1 aliphatic rings. The molecule has 0 bridgehead atoms. The second kappa shape index (κ2) is 8.47. The average Bonchev–Trinajstić information content (AvgIpc) is 3.28. The van der Waals surface area contributed by atoms with E-state index < -0.39 is 5.97 Å². The Balaban J connectivity index is 1.50. The minimum atomic E-state index is -0.553. The molecule has 2 heterocycles. The molecular weight excluding hydrogens is 368 g/mol. The molecule has 1 aromatic carbocycles. The lowest BCUT2D eigenvalue weighted by atomic mass is 9.86. The van der Waals surface area contributed by atoms with Crippen LogP contribution >= 0.6 is 0 Å². The molecule has 2 aromatic heterocycles. The van der Waals surface area contributed by atoms with Crippen molar-refractivity contribution in [2.45, 2.75) is 38.6 Å². The maximum absolute atomic E-state index is 12.8. The molecule has 6 heteroatoms. The molecule has 1 aliphatic carbocycles. The second-order valence-electron chi connectivity index (χ2n) is 7.56. The second-order valence-corrected chi connectivity index (χ2v) is 7.56. The number of hydrogen-bond donors (Lipinski definition) is 1. The lowest BCUT2D eigenvalue weighted by Crippen LogP contribution is -2.42. The molecule has 1 amide bonds. The SMILES string of the molecule is C[C@@H]1CCCC[C@H]1NC(=O)COC(=O)c1cc(-c2ccco2)nc2ccccc12. The predicted octanol–water partition coefficient (Wildman–Crippen LogP) is 4.35. The minimum Gasteiger partial charge on any atom is -0.463 e. The van der Waals surface area contributed by atoms with Crippen molar-refractivity contribution >= 4 is 22.8 Å². The first-order valence-corrected chi connectivity index (χ1v) is 10.0. The van der Waals surface area contributed by atoms with E-state index in [0.717, 1.165) is 19.3 Å². The zero-order valence-corrected chi connectivity index (χ0v) is 16.4. The molecule has 0 radical (unpaired) electrons. The van der Waals surface area contributed by atoms with Crippen LogP contribution in [0, 0.1) is 5.92 Å². The summed E-state index contributed by atoms with van der Waals surface area (Å²) in [5.41, 5.74) is 1.57. The largest absolute Gasteiger partial charge is 0.463 e. The van der Waals surface area contributed by atoms with Crippen LogP contribution in [-0.2, 0) is 9.53 Å². The van der Waals surface area contributed by atoms with Crippen molar-refractivity contribution in [2.75, 3.05) is 6.61 Å². The van der Waals surface area contributed by atoms with Crippen molar-refractivity contribution in [3.63, 3.8) is 0 Å². The molecular formula is C23H24N2O4. The van der Waals surface area contributed by atoms with Gasteiger partial charge in [0, 0.05) is 11.4 Å². The lowest BCUT2D eigenvalue weighted by Gasteiger charge is -2.29. The summed E-state index contributed by atoms with van der Waals surface area (Å²) in [6, 6.07) is 12.7. The fraction of sp³-hybridized carbons (Fsp3) is 0.348. The zero-order valence-electron chi connectivity index (χ0n) is 16.4. The molecule has 2 atom stereocenters. The summed E-state index contributed by atoms with van der Waals surface area (Å²) in [5.74, 6) is 0.196. The van der Waals surface area contributed by atoms with Crippen molar-refractivity contribution in [1.29, 1.82) is 0 Å². The Hall–Kier alpha value is -3.15. The zero-order chi connectivity index (χ0) is 20.2. The highest BCUT2D eigenvalue weighted by Crippen LogP contribution is 2.26. The third kappa shape index (κ3) is 4.31. The number of esters is 1. The Morgan fingerprint density at radius 1 is 1.17 bits per heavy atom. The van der Waals surface area contributed by atoms with Crippen LogP contribution in [0.4, 0.5) is 0 Å². The van der Waals surface area contributed by atoms with Gasteiger partial charge in [-0.25, -0.2) is 9.78 Å². The number of furan rings is 1. The van der Waals surface area contributed by atoms with Gasteiger partial charge in [0.05, 0.1) is 17.3 Å². The number of rotatable bonds is 5. The van der Waals surface area contributed by atoms with E-state index in [2.05, 4.69) is 17.2 Å². The smallest absolute Gasteiger partial charge is 0.339 e. The van der Waals surface area contributed by atoms with Gasteiger partial charge in [-0.1, -0.05) is 38.0 Å². The van der Waals surface area contributed by atoms with Gasteiger partial charge in [0.1, 0.15) is 5.69 Å². The average molecular weight is 392 g/mol. The molecule has 150 valence electrons. The Morgan fingerprint density at radius 2 is 2.00 bits per heavy atom. The molecule has 1 fully saturated rings. The number of amides is 1. The fourth-order valence-electron chi connectivity index (χ4n) is 3.88. The summed E-state index contributed by atoms with van der Waals surface area (Å²) >= 11 is 0. The van der Waals surface area contributed by atoms with Gasteiger partial charge in [-0.3, -0.25) is 4.79 Å². The molecule has 4 rings (SSSR count). The number of pyridine rings is 1. The van der Waals surface area contributed by atoms with Crippen LogP contribution in [0.2, 0.25) is 0 Å². The van der Waals surface area contributed by atoms with Gasteiger partial charge in [-0.05, 0) is 43.0 Å². The topological polar surface area (TPSA) is 81.4 Å². The minimum absolute atomic E-state index is 0.155. The van der Waals surface area contributed by atoms with Crippen molar-refractivity contribution < 1.29 is 18.7 Å². The first kappa shape index (κ1) is 19.2. The molecule has 0 unspecified atom stereocenters. The third-order valence-electron chi connectivity index (χ3n) is 5.50. The number of para-hydroxylation sites is 1. The number of aromatic nitrogens is 1. The summed E-state index contributed by atoms with van der Waals surface area (Å²) in [5, 5.41) is 3.68. The van der Waals surface area contributed by atoms with Gasteiger partial charge in [-0.15, -0.1) is 0 Å². The third-order valence-corrected chi connectivity index (χ3v) is 5.50. The number of hydrogen-bond acceptors (Lipinski definition) is 5. The standard InChI is InChI=1S/C23H24N2O4/c1-15-7-2-4-9-18(15)25-22(26)14-29-23(27)17-13-20(21-11-6-12-28-21)24-19-10-5-3-8-16(17)19/h3,5-6,8,10-13,15,18H,2,4,7,9,14H2,1H3,(H,25,26)/t15-,18-/m1/s1. The van der Waals surface area contributed by atoms with Gasteiger partial charge in [-0.2, -0.15) is 0 Å². The maximum Gasteiger partial charge on any atom is 0.339 e. The molecule has 6 nitrogen and oxygen atoms in total. The van der Waals surface area contributed by atoms with Crippen LogP contribution in [0.1, 0.15) is 43.0 Å². The highest BCUT2D eigenvalue weighted by atomic mass is 16.5. The predicted molar refractivity (Wildman–Crippen MR) is 109 cm³/mol. The number of fused-ring (bicyclic) bond motifs is 1. The van der Waals surface area contributed by atoms with Gasteiger partial charge in [0.2, 0.25) is 0 Å². The first-order chi connectivity index (χ1) is 14.1. The van der Waals surface area contributed by atoms with Crippen LogP contribution in [0.5, 0.6) is 0 Å². The summed E-state index contributed by atoms with van der Waals surface area (Å²) in [4.78, 5) is 29.6. The summed E-state index contributed by atoms with van der Waals surface area (Å²) in [7, 11) is 0. The number of benzene rings is 1. The maximum atomic E-state index is 12.8. The van der Waals surface area contributed by atoms with Crippen molar-refractivity contribution in [3.8, 4) is 11.5 Å². The molecule has 29 heavy (non-hydrogen) atoms. The van der Waals surface area contributed by atoms with E-state index >= 15 is 0 Å². The first-order valence-electron chi connectivity index (χ1n) is 10.0. The highest BCUT2D eigenvalue weighted by Gasteiger charge is 2.23. The van der Waals surface area contributed by atoms with Crippen LogP contribution in [0.25, 0.3) is 22.4 Å². The van der Waals surface area contributed by atoms with Gasteiger partial charge in [0.15, 0.2) is 12.4 Å². The van der Waals surface area contributed by atoms with E-state index in [1.807, 2.05) is 24.3 Å². The van der Waals surface area contributed by atoms with Crippen molar-refractivity contribution in [1.82, 2.24) is 10.3 Å². The Labute approximate surface area is 169 Å². The van der Waals surface area contributed by atoms with E-state index in [0.29, 0.717) is 33.8 Å². The summed E-state index contributed by atoms with van der Waals surface area (Å²) < 4.78 is 10.8. The van der Waals surface area contributed by atoms with Crippen LogP contribution in [-0.4, -0.2) is 29.5 Å². The number of ether oxygens (including phenoxy) is 1. The summed E-state index contributed by atoms with van der Waals surface area (Å²) in [6.07, 6.45) is 5.97. The number of carbonyl (C=O) groups excluding carboxylic acids is 2. The van der Waals surface area contributed by atoms with E-state index in [1.165, 1.54) is 6.42 Å². The molecule has 0 aliphatic heterocycles. The molecule has 0 spiro atoms. The molecule has 1 N–H and O–H groups in total. The van der Waals surface area contributed by atoms with E-state index in [-0.39, 0.29) is 18.6 Å². The Kier molecular flexibility index (Phi) is 5.60. The normalized spacial score (nSPS) is 19.1. The van der Waals surface area contributed by atoms with E-state index in [4.69, 9.17) is 9.15 Å². The number of nitrogens with one attached hydrogen (secondary N) is 1. The molecule has 1 saturated carbocycles. The van der Waals surface area contributed by atoms with E-state index in [9.17, 15) is 9.59 Å². The Morgan fingerprint density at radius 3 is 2.79 bits per heavy atom. The molecule has 3 aromatic rings. The highest BCUT2D eigenvalue weighted by molar-refractivity contribution is 6.05. The Bertz CT molecular complexity index is 1010. The van der Waals surface area contributed by atoms with Crippen LogP contribution in [0.15, 0.2) is 53.1 Å².